The molecule has 0 N–H and O–H groups in total. The van der Waals surface area contributed by atoms with Crippen LogP contribution in [-0.4, -0.2) is 41.7 Å². The van der Waals surface area contributed by atoms with Gasteiger partial charge >= 0.3 is 0 Å². The van der Waals surface area contributed by atoms with Gasteiger partial charge in [0, 0.05) is 35.7 Å². The summed E-state index contributed by atoms with van der Waals surface area (Å²) in [4.78, 5) is 13.5. The van der Waals surface area contributed by atoms with Gasteiger partial charge in [-0.15, -0.1) is 0 Å². The number of carbonyl (C=O) groups is 1. The minimum Gasteiger partial charge on any atom is -0.422 e. The molecule has 0 aliphatic carbocycles. The van der Waals surface area contributed by atoms with E-state index in [1.165, 1.54) is 35.4 Å². The number of para-hydroxylation sites is 1. The van der Waals surface area contributed by atoms with Crippen molar-refractivity contribution in [1.29, 1.82) is 0 Å². The maximum absolute atomic E-state index is 11.0. The minimum absolute atomic E-state index is 0.182. The zero-order valence-corrected chi connectivity index (χ0v) is 21.2. The van der Waals surface area contributed by atoms with Crippen molar-refractivity contribution in [3.8, 4) is 5.75 Å². The predicted octanol–water partition coefficient (Wildman–Crippen LogP) is 6.33. The summed E-state index contributed by atoms with van der Waals surface area (Å²) in [6.45, 7) is 12.2. The highest BCUT2D eigenvalue weighted by atomic mass is 79.9. The zero-order valence-electron chi connectivity index (χ0n) is 19.6. The Morgan fingerprint density at radius 1 is 1.06 bits per heavy atom. The van der Waals surface area contributed by atoms with Crippen LogP contribution in [0.15, 0.2) is 48.5 Å². The lowest BCUT2D eigenvalue weighted by Crippen LogP contribution is -2.27. The number of unbranched alkanes of at least 4 members (excludes halogenated alkanes) is 1. The van der Waals surface area contributed by atoms with Gasteiger partial charge in [-0.25, -0.2) is 0 Å². The molecule has 170 valence electrons. The van der Waals surface area contributed by atoms with Gasteiger partial charge in [0.2, 0.25) is 5.75 Å². The molecule has 1 aliphatic heterocycles. The number of hydrogen-bond donors (Lipinski definition) is 0. The van der Waals surface area contributed by atoms with Crippen LogP contribution in [0.25, 0.3) is 6.08 Å². The van der Waals surface area contributed by atoms with Crippen molar-refractivity contribution in [3.63, 3.8) is 0 Å². The second-order valence-corrected chi connectivity index (χ2v) is 9.31. The average molecular weight is 498 g/mol. The highest BCUT2D eigenvalue weighted by molar-refractivity contribution is 9.09. The van der Waals surface area contributed by atoms with E-state index in [-0.39, 0.29) is 5.41 Å². The molecule has 32 heavy (non-hydrogen) atoms. The Kier molecular flexibility index (Phi) is 8.30. The molecule has 0 unspecified atom stereocenters. The summed E-state index contributed by atoms with van der Waals surface area (Å²) in [6, 6.07) is 14.7. The van der Waals surface area contributed by atoms with E-state index in [0.29, 0.717) is 12.2 Å². The van der Waals surface area contributed by atoms with Crippen LogP contribution in [0.1, 0.15) is 51.7 Å². The van der Waals surface area contributed by atoms with Crippen LogP contribution in [0.5, 0.6) is 5.75 Å². The molecule has 5 heteroatoms. The molecule has 0 saturated heterocycles. The normalized spacial score (nSPS) is 14.7. The lowest BCUT2D eigenvalue weighted by Gasteiger charge is -2.23. The van der Waals surface area contributed by atoms with E-state index in [1.54, 1.807) is 0 Å². The molecule has 0 spiro atoms. The van der Waals surface area contributed by atoms with Crippen molar-refractivity contribution < 1.29 is 14.1 Å². The third kappa shape index (κ3) is 4.98. The maximum Gasteiger partial charge on any atom is 0.298 e. The number of nitrogens with zero attached hydrogens (tertiary/aromatic N) is 2. The fourth-order valence-electron chi connectivity index (χ4n) is 4.51. The monoisotopic (exact) mass is 497 g/mol. The summed E-state index contributed by atoms with van der Waals surface area (Å²) in [5.74, 6) is 0.611. The second-order valence-electron chi connectivity index (χ2n) is 8.52. The Morgan fingerprint density at radius 2 is 1.81 bits per heavy atom. The van der Waals surface area contributed by atoms with Crippen LogP contribution >= 0.6 is 15.9 Å². The third-order valence-electron chi connectivity index (χ3n) is 6.25. The highest BCUT2D eigenvalue weighted by Gasteiger charge is 2.45. The molecular formula is C27H34BrN2O2+. The summed E-state index contributed by atoms with van der Waals surface area (Å²) in [5, 5.41) is 1.06. The third-order valence-corrected chi connectivity index (χ3v) is 6.81. The summed E-state index contributed by atoms with van der Waals surface area (Å²) >= 11 is 3.52. The number of allylic oxidation sites excluding steroid dienone is 1. The quantitative estimate of drug-likeness (QED) is 0.157. The Labute approximate surface area is 200 Å². The van der Waals surface area contributed by atoms with Crippen LogP contribution in [0, 0.1) is 0 Å². The number of rotatable bonds is 11. The van der Waals surface area contributed by atoms with Gasteiger partial charge in [0.05, 0.1) is 5.41 Å². The first-order valence-electron chi connectivity index (χ1n) is 11.5. The number of alkyl halides is 1. The number of benzene rings is 2. The van der Waals surface area contributed by atoms with Crippen molar-refractivity contribution >= 4 is 45.6 Å². The van der Waals surface area contributed by atoms with E-state index in [1.807, 2.05) is 12.1 Å². The van der Waals surface area contributed by atoms with Gasteiger partial charge in [-0.2, -0.15) is 4.58 Å². The number of ether oxygens (including phenoxy) is 1. The Morgan fingerprint density at radius 3 is 2.44 bits per heavy atom. The molecule has 0 amide bonds. The summed E-state index contributed by atoms with van der Waals surface area (Å²) in [6.07, 6.45) is 6.77. The van der Waals surface area contributed by atoms with Crippen LogP contribution in [0.2, 0.25) is 0 Å². The first-order chi connectivity index (χ1) is 15.5. The van der Waals surface area contributed by atoms with E-state index >= 15 is 0 Å². The zero-order chi connectivity index (χ0) is 23.1. The van der Waals surface area contributed by atoms with Gasteiger partial charge in [0.1, 0.15) is 6.54 Å². The smallest absolute Gasteiger partial charge is 0.298 e. The molecular weight excluding hydrogens is 464 g/mol. The van der Waals surface area contributed by atoms with E-state index < -0.39 is 0 Å². The fourth-order valence-corrected chi connectivity index (χ4v) is 4.91. The summed E-state index contributed by atoms with van der Waals surface area (Å²) in [7, 11) is 0. The molecule has 2 aromatic rings. The molecule has 0 fully saturated rings. The molecule has 0 aromatic heterocycles. The SMILES string of the molecule is CCN(CCCCBr)c1ccc(C=CC2=[N+](CC)c3c(OC=O)cccc3C2(C)C)cc1. The van der Waals surface area contributed by atoms with Crippen molar-refractivity contribution in [2.75, 3.05) is 29.9 Å². The Bertz CT molecular complexity index is 993. The van der Waals surface area contributed by atoms with Crippen molar-refractivity contribution in [1.82, 2.24) is 0 Å². The standard InChI is InChI=1S/C27H34BrN2O2/c1-5-29(19-8-7-18-28)22-15-12-21(13-16-22)14-17-25-27(3,4)23-10-9-11-24(32-20-31)26(23)30(25)6-2/h9-17,20H,5-8,18-19H2,1-4H3/q+1. The lowest BCUT2D eigenvalue weighted by molar-refractivity contribution is -0.433. The molecule has 4 nitrogen and oxygen atoms in total. The fraction of sp³-hybridized carbons (Fsp3) is 0.407. The van der Waals surface area contributed by atoms with Crippen LogP contribution in [-0.2, 0) is 10.2 Å². The Balaban J connectivity index is 1.87. The number of halogens is 1. The van der Waals surface area contributed by atoms with Gasteiger partial charge in [-0.1, -0.05) is 40.2 Å². The van der Waals surface area contributed by atoms with Crippen molar-refractivity contribution in [2.24, 2.45) is 0 Å². The number of anilines is 1. The molecule has 0 saturated carbocycles. The minimum atomic E-state index is -0.182. The molecule has 0 bridgehead atoms. The largest absolute Gasteiger partial charge is 0.422 e. The summed E-state index contributed by atoms with van der Waals surface area (Å²) < 4.78 is 7.55. The summed E-state index contributed by atoms with van der Waals surface area (Å²) in [5.41, 5.74) is 5.63. The van der Waals surface area contributed by atoms with E-state index in [0.717, 1.165) is 30.7 Å². The van der Waals surface area contributed by atoms with Gasteiger partial charge in [-0.05, 0) is 70.4 Å². The average Bonchev–Trinajstić information content (AvgIpc) is 3.03. The van der Waals surface area contributed by atoms with Gasteiger partial charge in [0.25, 0.3) is 12.2 Å². The number of fused-ring (bicyclic) bond motifs is 1. The van der Waals surface area contributed by atoms with Gasteiger partial charge < -0.3 is 9.64 Å². The van der Waals surface area contributed by atoms with E-state index in [2.05, 4.69) is 95.6 Å². The van der Waals surface area contributed by atoms with Crippen molar-refractivity contribution in [2.45, 2.75) is 46.0 Å². The second kappa shape index (κ2) is 11.0. The first kappa shape index (κ1) is 24.2. The molecule has 0 radical (unpaired) electrons. The molecule has 3 rings (SSSR count). The molecule has 2 aromatic carbocycles. The highest BCUT2D eigenvalue weighted by Crippen LogP contribution is 2.45. The predicted molar refractivity (Wildman–Crippen MR) is 138 cm³/mol. The number of hydrogen-bond acceptors (Lipinski definition) is 3. The van der Waals surface area contributed by atoms with Gasteiger partial charge in [0.15, 0.2) is 5.71 Å². The van der Waals surface area contributed by atoms with Crippen LogP contribution in [0.3, 0.4) is 0 Å². The maximum atomic E-state index is 11.0. The molecule has 1 heterocycles. The number of carbonyl (C=O) groups excluding carboxylic acids is 1. The Hall–Kier alpha value is -2.40. The molecule has 0 atom stereocenters. The van der Waals surface area contributed by atoms with Crippen LogP contribution < -0.4 is 9.64 Å². The van der Waals surface area contributed by atoms with Crippen LogP contribution in [0.4, 0.5) is 11.4 Å². The molecule has 1 aliphatic rings. The lowest BCUT2D eigenvalue weighted by atomic mass is 9.81. The van der Waals surface area contributed by atoms with Gasteiger partial charge in [-0.3, -0.25) is 4.79 Å². The first-order valence-corrected chi connectivity index (χ1v) is 12.6. The van der Waals surface area contributed by atoms with E-state index in [9.17, 15) is 4.79 Å². The van der Waals surface area contributed by atoms with Crippen molar-refractivity contribution in [3.05, 3.63) is 59.7 Å². The van der Waals surface area contributed by atoms with E-state index in [4.69, 9.17) is 4.74 Å². The topological polar surface area (TPSA) is 32.5 Å².